The van der Waals surface area contributed by atoms with Gasteiger partial charge in [-0.15, -0.1) is 0 Å². The number of nitro benzene ring substituents is 1. The van der Waals surface area contributed by atoms with Gasteiger partial charge in [0.05, 0.1) is 11.0 Å². The van der Waals surface area contributed by atoms with Crippen LogP contribution in [0.2, 0.25) is 0 Å². The van der Waals surface area contributed by atoms with Gasteiger partial charge in [-0.25, -0.2) is 0 Å². The van der Waals surface area contributed by atoms with Crippen molar-refractivity contribution in [2.45, 2.75) is 25.8 Å². The minimum absolute atomic E-state index is 0.0769. The van der Waals surface area contributed by atoms with Crippen molar-refractivity contribution in [1.82, 2.24) is 5.32 Å². The molecule has 0 radical (unpaired) electrons. The largest absolute Gasteiger partial charge is 0.319 e. The van der Waals surface area contributed by atoms with Crippen LogP contribution >= 0.6 is 0 Å². The lowest BCUT2D eigenvalue weighted by molar-refractivity contribution is -0.383. The second-order valence-electron chi connectivity index (χ2n) is 4.42. The fourth-order valence-electron chi connectivity index (χ4n) is 2.04. The highest BCUT2D eigenvalue weighted by Gasteiger charge is 2.24. The Labute approximate surface area is 105 Å². The van der Waals surface area contributed by atoms with E-state index >= 15 is 0 Å². The van der Waals surface area contributed by atoms with Gasteiger partial charge in [0.15, 0.2) is 0 Å². The summed E-state index contributed by atoms with van der Waals surface area (Å²) < 4.78 is 0. The van der Waals surface area contributed by atoms with Gasteiger partial charge in [0.1, 0.15) is 5.69 Å². The number of nitrogens with zero attached hydrogens (tertiary/aromatic N) is 1. The molecule has 1 aromatic carbocycles. The van der Waals surface area contributed by atoms with Crippen molar-refractivity contribution in [3.05, 3.63) is 33.9 Å². The second kappa shape index (κ2) is 5.14. The number of aryl methyl sites for hydroxylation is 1. The number of rotatable bonds is 3. The van der Waals surface area contributed by atoms with Crippen LogP contribution in [0, 0.1) is 17.0 Å². The Kier molecular flexibility index (Phi) is 3.57. The van der Waals surface area contributed by atoms with Crippen molar-refractivity contribution in [2.24, 2.45) is 0 Å². The van der Waals surface area contributed by atoms with Gasteiger partial charge in [0, 0.05) is 6.07 Å². The Morgan fingerprint density at radius 1 is 1.56 bits per heavy atom. The SMILES string of the molecule is Cc1ccc([N+](=O)[O-])c(NC(=O)[C@H]2CCCN2)c1. The maximum absolute atomic E-state index is 11.9. The number of nitro groups is 1. The first-order chi connectivity index (χ1) is 8.58. The predicted molar refractivity (Wildman–Crippen MR) is 67.5 cm³/mol. The monoisotopic (exact) mass is 249 g/mol. The number of carbonyl (C=O) groups excluding carboxylic acids is 1. The summed E-state index contributed by atoms with van der Waals surface area (Å²) in [6, 6.07) is 4.43. The number of hydrogen-bond donors (Lipinski definition) is 2. The molecular weight excluding hydrogens is 234 g/mol. The van der Waals surface area contributed by atoms with Crippen LogP contribution in [0.5, 0.6) is 0 Å². The van der Waals surface area contributed by atoms with E-state index in [0.717, 1.165) is 24.9 Å². The Hall–Kier alpha value is -1.95. The van der Waals surface area contributed by atoms with E-state index in [-0.39, 0.29) is 23.3 Å². The first kappa shape index (κ1) is 12.5. The molecule has 1 heterocycles. The molecule has 2 N–H and O–H groups in total. The van der Waals surface area contributed by atoms with Crippen molar-refractivity contribution < 1.29 is 9.72 Å². The average molecular weight is 249 g/mol. The third-order valence-corrected chi connectivity index (χ3v) is 2.98. The first-order valence-electron chi connectivity index (χ1n) is 5.87. The van der Waals surface area contributed by atoms with Gasteiger partial charge in [-0.2, -0.15) is 0 Å². The van der Waals surface area contributed by atoms with E-state index in [1.165, 1.54) is 6.07 Å². The topological polar surface area (TPSA) is 84.3 Å². The summed E-state index contributed by atoms with van der Waals surface area (Å²) in [5.41, 5.74) is 1.06. The van der Waals surface area contributed by atoms with Crippen molar-refractivity contribution in [2.75, 3.05) is 11.9 Å². The summed E-state index contributed by atoms with van der Waals surface area (Å²) in [5, 5.41) is 16.6. The molecule has 1 fully saturated rings. The standard InChI is InChI=1S/C12H15N3O3/c1-8-4-5-11(15(17)18)10(7-8)14-12(16)9-3-2-6-13-9/h4-5,7,9,13H,2-3,6H2,1H3,(H,14,16)/t9-/m1/s1. The van der Waals surface area contributed by atoms with Crippen molar-refractivity contribution in [3.8, 4) is 0 Å². The van der Waals surface area contributed by atoms with Gasteiger partial charge < -0.3 is 10.6 Å². The molecule has 1 saturated heterocycles. The van der Waals surface area contributed by atoms with Crippen molar-refractivity contribution in [3.63, 3.8) is 0 Å². The number of nitrogens with one attached hydrogen (secondary N) is 2. The predicted octanol–water partition coefficient (Wildman–Crippen LogP) is 1.59. The van der Waals surface area contributed by atoms with E-state index in [2.05, 4.69) is 10.6 Å². The molecule has 1 aliphatic rings. The molecule has 1 aliphatic heterocycles. The minimum Gasteiger partial charge on any atom is -0.319 e. The van der Waals surface area contributed by atoms with E-state index in [1.54, 1.807) is 12.1 Å². The number of amides is 1. The third-order valence-electron chi connectivity index (χ3n) is 2.98. The molecule has 0 bridgehead atoms. The molecule has 1 amide bonds. The fraction of sp³-hybridized carbons (Fsp3) is 0.417. The zero-order valence-electron chi connectivity index (χ0n) is 10.1. The third kappa shape index (κ3) is 2.65. The van der Waals surface area contributed by atoms with Crippen LogP contribution in [0.4, 0.5) is 11.4 Å². The van der Waals surface area contributed by atoms with Crippen LogP contribution in [0.15, 0.2) is 18.2 Å². The van der Waals surface area contributed by atoms with Gasteiger partial charge in [0.2, 0.25) is 5.91 Å². The van der Waals surface area contributed by atoms with Crippen LogP contribution in [0.25, 0.3) is 0 Å². The Morgan fingerprint density at radius 2 is 2.33 bits per heavy atom. The van der Waals surface area contributed by atoms with E-state index in [9.17, 15) is 14.9 Å². The van der Waals surface area contributed by atoms with Gasteiger partial charge in [-0.3, -0.25) is 14.9 Å². The number of carbonyl (C=O) groups is 1. The molecule has 0 aromatic heterocycles. The van der Waals surface area contributed by atoms with Crippen molar-refractivity contribution in [1.29, 1.82) is 0 Å². The highest BCUT2D eigenvalue weighted by molar-refractivity contribution is 5.97. The van der Waals surface area contributed by atoms with Gasteiger partial charge >= 0.3 is 0 Å². The zero-order valence-corrected chi connectivity index (χ0v) is 10.1. The van der Waals surface area contributed by atoms with E-state index in [4.69, 9.17) is 0 Å². The molecule has 2 rings (SSSR count). The van der Waals surface area contributed by atoms with Crippen LogP contribution in [-0.4, -0.2) is 23.4 Å². The Bertz CT molecular complexity index is 481. The lowest BCUT2D eigenvalue weighted by Crippen LogP contribution is -2.35. The molecule has 0 spiro atoms. The van der Waals surface area contributed by atoms with E-state index in [0.29, 0.717) is 0 Å². The maximum atomic E-state index is 11.9. The molecule has 1 atom stereocenters. The summed E-state index contributed by atoms with van der Waals surface area (Å²) in [6.07, 6.45) is 1.72. The van der Waals surface area contributed by atoms with Crippen LogP contribution in [0.1, 0.15) is 18.4 Å². The smallest absolute Gasteiger partial charge is 0.292 e. The molecular formula is C12H15N3O3. The molecule has 6 heteroatoms. The van der Waals surface area contributed by atoms with Gasteiger partial charge in [0.25, 0.3) is 5.69 Å². The maximum Gasteiger partial charge on any atom is 0.292 e. The quantitative estimate of drug-likeness (QED) is 0.629. The number of hydrogen-bond acceptors (Lipinski definition) is 4. The van der Waals surface area contributed by atoms with E-state index in [1.807, 2.05) is 6.92 Å². The van der Waals surface area contributed by atoms with Gasteiger partial charge in [-0.05, 0) is 37.9 Å². The molecule has 6 nitrogen and oxygen atoms in total. The lowest BCUT2D eigenvalue weighted by Gasteiger charge is -2.11. The molecule has 1 aromatic rings. The van der Waals surface area contributed by atoms with E-state index < -0.39 is 4.92 Å². The molecule has 0 saturated carbocycles. The normalized spacial score (nSPS) is 18.6. The fourth-order valence-corrected chi connectivity index (χ4v) is 2.04. The summed E-state index contributed by atoms with van der Waals surface area (Å²) in [5.74, 6) is -0.207. The van der Waals surface area contributed by atoms with Crippen molar-refractivity contribution >= 4 is 17.3 Å². The Balaban J connectivity index is 2.19. The molecule has 18 heavy (non-hydrogen) atoms. The van der Waals surface area contributed by atoms with Crippen LogP contribution in [0.3, 0.4) is 0 Å². The Morgan fingerprint density at radius 3 is 2.94 bits per heavy atom. The van der Waals surface area contributed by atoms with Crippen LogP contribution in [-0.2, 0) is 4.79 Å². The molecule has 96 valence electrons. The van der Waals surface area contributed by atoms with Crippen LogP contribution < -0.4 is 10.6 Å². The summed E-state index contributed by atoms with van der Waals surface area (Å²) >= 11 is 0. The minimum atomic E-state index is -0.489. The lowest BCUT2D eigenvalue weighted by atomic mass is 10.1. The first-order valence-corrected chi connectivity index (χ1v) is 5.87. The zero-order chi connectivity index (χ0) is 13.1. The molecule has 0 aliphatic carbocycles. The average Bonchev–Trinajstić information content (AvgIpc) is 2.81. The number of anilines is 1. The van der Waals surface area contributed by atoms with Gasteiger partial charge in [-0.1, -0.05) is 6.07 Å². The highest BCUT2D eigenvalue weighted by Crippen LogP contribution is 2.25. The highest BCUT2D eigenvalue weighted by atomic mass is 16.6. The summed E-state index contributed by atoms with van der Waals surface area (Å²) in [7, 11) is 0. The second-order valence-corrected chi connectivity index (χ2v) is 4.42. The summed E-state index contributed by atoms with van der Waals surface area (Å²) in [4.78, 5) is 22.3. The number of benzene rings is 1. The molecule has 0 unspecified atom stereocenters. The summed E-state index contributed by atoms with van der Waals surface area (Å²) in [6.45, 7) is 2.64.